The predicted molar refractivity (Wildman–Crippen MR) is 81.7 cm³/mol. The molecular formula is C15H19N5O. The van der Waals surface area contributed by atoms with E-state index in [1.807, 2.05) is 26.0 Å². The summed E-state index contributed by atoms with van der Waals surface area (Å²) in [5.41, 5.74) is 2.76. The highest BCUT2D eigenvalue weighted by atomic mass is 16.1. The first-order valence-electron chi connectivity index (χ1n) is 7.19. The van der Waals surface area contributed by atoms with Gasteiger partial charge >= 0.3 is 0 Å². The van der Waals surface area contributed by atoms with E-state index < -0.39 is 0 Å². The predicted octanol–water partition coefficient (Wildman–Crippen LogP) is 2.27. The number of aromatic amines is 1. The minimum atomic E-state index is -0.158. The van der Waals surface area contributed by atoms with Crippen LogP contribution in [0.3, 0.4) is 0 Å². The minimum Gasteiger partial charge on any atom is -0.357 e. The molecule has 0 bridgehead atoms. The third-order valence-corrected chi connectivity index (χ3v) is 3.79. The zero-order valence-corrected chi connectivity index (χ0v) is 12.3. The molecule has 1 aliphatic rings. The van der Waals surface area contributed by atoms with E-state index in [4.69, 9.17) is 0 Å². The Balaban J connectivity index is 1.72. The number of hydrogen-bond acceptors (Lipinski definition) is 4. The Morgan fingerprint density at radius 3 is 2.62 bits per heavy atom. The highest BCUT2D eigenvalue weighted by Crippen LogP contribution is 2.20. The van der Waals surface area contributed by atoms with Gasteiger partial charge in [0.1, 0.15) is 5.82 Å². The summed E-state index contributed by atoms with van der Waals surface area (Å²) in [5.74, 6) is 0.815. The first-order valence-corrected chi connectivity index (χ1v) is 7.19. The lowest BCUT2D eigenvalue weighted by molar-refractivity contribution is 0.102. The van der Waals surface area contributed by atoms with Gasteiger partial charge in [-0.15, -0.1) is 0 Å². The summed E-state index contributed by atoms with van der Waals surface area (Å²) in [7, 11) is 0. The Kier molecular flexibility index (Phi) is 3.60. The molecule has 6 nitrogen and oxygen atoms in total. The van der Waals surface area contributed by atoms with E-state index in [9.17, 15) is 4.79 Å². The van der Waals surface area contributed by atoms with E-state index in [2.05, 4.69) is 25.4 Å². The van der Waals surface area contributed by atoms with Crippen LogP contribution in [0.4, 0.5) is 11.5 Å². The number of anilines is 2. The van der Waals surface area contributed by atoms with Crippen LogP contribution in [0.5, 0.6) is 0 Å². The second-order valence-electron chi connectivity index (χ2n) is 5.36. The minimum absolute atomic E-state index is 0.158. The van der Waals surface area contributed by atoms with Gasteiger partial charge in [-0.1, -0.05) is 0 Å². The van der Waals surface area contributed by atoms with Gasteiger partial charge in [0.05, 0.1) is 23.1 Å². The Labute approximate surface area is 123 Å². The highest BCUT2D eigenvalue weighted by molar-refractivity contribution is 6.05. The molecular weight excluding hydrogens is 266 g/mol. The van der Waals surface area contributed by atoms with Crippen molar-refractivity contribution in [3.63, 3.8) is 0 Å². The molecule has 0 unspecified atom stereocenters. The summed E-state index contributed by atoms with van der Waals surface area (Å²) < 4.78 is 0. The molecule has 2 N–H and O–H groups in total. The molecule has 3 rings (SSSR count). The third-order valence-electron chi connectivity index (χ3n) is 3.79. The zero-order valence-electron chi connectivity index (χ0n) is 12.3. The standard InChI is InChI=1S/C15H19N5O/c1-10-14(11(2)19-18-10)15(21)17-12-5-6-13(16-9-12)20-7-3-4-8-20/h5-6,9H,3-4,7-8H2,1-2H3,(H,17,21)(H,18,19). The third kappa shape index (κ3) is 2.74. The first-order chi connectivity index (χ1) is 10.1. The number of carbonyl (C=O) groups is 1. The van der Waals surface area contributed by atoms with Crippen molar-refractivity contribution in [3.8, 4) is 0 Å². The molecule has 0 saturated carbocycles. The van der Waals surface area contributed by atoms with Crippen molar-refractivity contribution in [3.05, 3.63) is 35.3 Å². The number of nitrogens with zero attached hydrogens (tertiary/aromatic N) is 3. The normalized spacial score (nSPS) is 14.5. The van der Waals surface area contributed by atoms with Crippen LogP contribution in [0.1, 0.15) is 34.6 Å². The van der Waals surface area contributed by atoms with Crippen LogP contribution in [-0.4, -0.2) is 34.2 Å². The monoisotopic (exact) mass is 285 g/mol. The quantitative estimate of drug-likeness (QED) is 0.907. The molecule has 21 heavy (non-hydrogen) atoms. The van der Waals surface area contributed by atoms with Gasteiger partial charge < -0.3 is 10.2 Å². The molecule has 0 atom stereocenters. The van der Waals surface area contributed by atoms with E-state index in [0.29, 0.717) is 16.9 Å². The molecule has 1 saturated heterocycles. The van der Waals surface area contributed by atoms with Crippen LogP contribution in [0.15, 0.2) is 18.3 Å². The van der Waals surface area contributed by atoms with Gasteiger partial charge in [0.25, 0.3) is 5.91 Å². The lowest BCUT2D eigenvalue weighted by Gasteiger charge is -2.16. The van der Waals surface area contributed by atoms with Crippen LogP contribution in [0, 0.1) is 13.8 Å². The maximum atomic E-state index is 12.2. The lowest BCUT2D eigenvalue weighted by Crippen LogP contribution is -2.19. The number of hydrogen-bond donors (Lipinski definition) is 2. The summed E-state index contributed by atoms with van der Waals surface area (Å²) in [4.78, 5) is 18.9. The van der Waals surface area contributed by atoms with E-state index in [1.165, 1.54) is 12.8 Å². The Morgan fingerprint density at radius 2 is 2.05 bits per heavy atom. The SMILES string of the molecule is Cc1n[nH]c(C)c1C(=O)Nc1ccc(N2CCCC2)nc1. The van der Waals surface area contributed by atoms with Crippen LogP contribution in [-0.2, 0) is 0 Å². The molecule has 1 amide bonds. The van der Waals surface area contributed by atoms with Crippen LogP contribution < -0.4 is 10.2 Å². The smallest absolute Gasteiger partial charge is 0.259 e. The summed E-state index contributed by atoms with van der Waals surface area (Å²) in [6.07, 6.45) is 4.15. The number of H-pyrrole nitrogens is 1. The fourth-order valence-electron chi connectivity index (χ4n) is 2.67. The Morgan fingerprint density at radius 1 is 1.29 bits per heavy atom. The Hall–Kier alpha value is -2.37. The van der Waals surface area contributed by atoms with Crippen molar-refractivity contribution < 1.29 is 4.79 Å². The Bertz CT molecular complexity index is 621. The number of rotatable bonds is 3. The first kappa shape index (κ1) is 13.6. The van der Waals surface area contributed by atoms with Gasteiger partial charge in [-0.25, -0.2) is 4.98 Å². The van der Waals surface area contributed by atoms with Gasteiger partial charge in [-0.3, -0.25) is 9.89 Å². The molecule has 1 aliphatic heterocycles. The fourth-order valence-corrected chi connectivity index (χ4v) is 2.67. The maximum Gasteiger partial charge on any atom is 0.259 e. The summed E-state index contributed by atoms with van der Waals surface area (Å²) in [6, 6.07) is 3.85. The van der Waals surface area contributed by atoms with Crippen molar-refractivity contribution in [2.45, 2.75) is 26.7 Å². The van der Waals surface area contributed by atoms with E-state index in [-0.39, 0.29) is 5.91 Å². The average Bonchev–Trinajstić information content (AvgIpc) is 3.10. The van der Waals surface area contributed by atoms with Crippen molar-refractivity contribution in [2.75, 3.05) is 23.3 Å². The number of carbonyl (C=O) groups excluding carboxylic acids is 1. The summed E-state index contributed by atoms with van der Waals surface area (Å²) in [5, 5.41) is 9.72. The van der Waals surface area contributed by atoms with Crippen LogP contribution >= 0.6 is 0 Å². The van der Waals surface area contributed by atoms with Crippen LogP contribution in [0.25, 0.3) is 0 Å². The molecule has 0 radical (unpaired) electrons. The number of aromatic nitrogens is 3. The van der Waals surface area contributed by atoms with Crippen molar-refractivity contribution in [2.24, 2.45) is 0 Å². The molecule has 1 fully saturated rings. The van der Waals surface area contributed by atoms with E-state index in [0.717, 1.165) is 24.6 Å². The molecule has 3 heterocycles. The molecule has 0 aliphatic carbocycles. The largest absolute Gasteiger partial charge is 0.357 e. The molecule has 6 heteroatoms. The van der Waals surface area contributed by atoms with Gasteiger partial charge in [0.15, 0.2) is 0 Å². The van der Waals surface area contributed by atoms with Gasteiger partial charge in [0, 0.05) is 18.8 Å². The lowest BCUT2D eigenvalue weighted by atomic mass is 10.2. The summed E-state index contributed by atoms with van der Waals surface area (Å²) >= 11 is 0. The van der Waals surface area contributed by atoms with E-state index >= 15 is 0 Å². The van der Waals surface area contributed by atoms with Crippen molar-refractivity contribution >= 4 is 17.4 Å². The number of nitrogens with one attached hydrogen (secondary N) is 2. The van der Waals surface area contributed by atoms with Crippen molar-refractivity contribution in [1.29, 1.82) is 0 Å². The van der Waals surface area contributed by atoms with Crippen LogP contribution in [0.2, 0.25) is 0 Å². The number of amides is 1. The highest BCUT2D eigenvalue weighted by Gasteiger charge is 2.16. The molecule has 2 aromatic heterocycles. The van der Waals surface area contributed by atoms with Crippen molar-refractivity contribution in [1.82, 2.24) is 15.2 Å². The second-order valence-corrected chi connectivity index (χ2v) is 5.36. The second kappa shape index (κ2) is 5.55. The van der Waals surface area contributed by atoms with Gasteiger partial charge in [0.2, 0.25) is 0 Å². The topological polar surface area (TPSA) is 73.9 Å². The van der Waals surface area contributed by atoms with Gasteiger partial charge in [-0.05, 0) is 38.8 Å². The fraction of sp³-hybridized carbons (Fsp3) is 0.400. The number of pyridine rings is 1. The van der Waals surface area contributed by atoms with E-state index in [1.54, 1.807) is 6.20 Å². The molecule has 110 valence electrons. The maximum absolute atomic E-state index is 12.2. The average molecular weight is 285 g/mol. The number of aryl methyl sites for hydroxylation is 2. The molecule has 0 spiro atoms. The van der Waals surface area contributed by atoms with Gasteiger partial charge in [-0.2, -0.15) is 5.10 Å². The summed E-state index contributed by atoms with van der Waals surface area (Å²) in [6.45, 7) is 5.77. The molecule has 2 aromatic rings. The zero-order chi connectivity index (χ0) is 14.8. The molecule has 0 aromatic carbocycles.